The number of unbranched alkanes of at least 4 members (excludes halogenated alkanes) is 3. The molecule has 2 aromatic heterocycles. The molecular weight excluding hydrogens is 792 g/mol. The Morgan fingerprint density at radius 2 is 1.69 bits per heavy atom. The first-order valence-corrected chi connectivity index (χ1v) is 19.5. The van der Waals surface area contributed by atoms with Crippen LogP contribution in [0, 0.1) is 0 Å². The fraction of sp³-hybridized carbons (Fsp3) is 0.350. The minimum Gasteiger partial charge on any atom is -0.420 e. The van der Waals surface area contributed by atoms with Crippen molar-refractivity contribution in [2.24, 2.45) is 0 Å². The van der Waals surface area contributed by atoms with Crippen molar-refractivity contribution in [2.75, 3.05) is 48.3 Å². The lowest BCUT2D eigenvalue weighted by Gasteiger charge is -2.36. The minimum absolute atomic E-state index is 0.0502. The lowest BCUT2D eigenvalue weighted by molar-refractivity contribution is -0.136. The van der Waals surface area contributed by atoms with Crippen LogP contribution in [0.3, 0.4) is 0 Å². The number of fused-ring (bicyclic) bond motifs is 1. The van der Waals surface area contributed by atoms with Crippen molar-refractivity contribution >= 4 is 64.2 Å². The number of carbonyl (C=O) groups excluding carboxylic acids is 6. The zero-order chi connectivity index (χ0) is 41.7. The second kappa shape index (κ2) is 17.6. The number of aromatic amines is 1. The topological polar surface area (TPSA) is 199 Å². The monoisotopic (exact) mass is 831 g/mol. The number of pyridine rings is 1. The summed E-state index contributed by atoms with van der Waals surface area (Å²) in [5, 5.41) is 15.2. The van der Waals surface area contributed by atoms with Gasteiger partial charge in [-0.05, 0) is 67.8 Å². The number of aromatic nitrogens is 3. The molecule has 0 radical (unpaired) electrons. The van der Waals surface area contributed by atoms with Gasteiger partial charge in [0.1, 0.15) is 17.6 Å². The number of rotatable bonds is 15. The molecule has 3 aliphatic rings. The van der Waals surface area contributed by atoms with Crippen LogP contribution in [-0.4, -0.2) is 105 Å². The maximum atomic E-state index is 13.3. The molecule has 0 spiro atoms. The molecular formula is C40H40ClF2N9O7. The number of piperidine rings is 1. The number of carbonyl (C=O) groups is 6. The molecule has 0 saturated carbocycles. The summed E-state index contributed by atoms with van der Waals surface area (Å²) in [7, 11) is 0. The number of hydrogen-bond donors (Lipinski definition) is 4. The zero-order valence-electron chi connectivity index (χ0n) is 31.6. The van der Waals surface area contributed by atoms with Crippen molar-refractivity contribution in [3.05, 3.63) is 83.7 Å². The Morgan fingerprint density at radius 3 is 2.41 bits per heavy atom. The Kier molecular flexibility index (Phi) is 12.2. The third kappa shape index (κ3) is 9.49. The molecule has 1 atom stereocenters. The van der Waals surface area contributed by atoms with Gasteiger partial charge >= 0.3 is 5.57 Å². The number of piperazine rings is 1. The van der Waals surface area contributed by atoms with Crippen molar-refractivity contribution in [3.8, 4) is 17.0 Å². The molecule has 2 aromatic carbocycles. The van der Waals surface area contributed by atoms with Crippen LogP contribution in [0.2, 0.25) is 0 Å². The molecule has 7 rings (SSSR count). The molecule has 2 fully saturated rings. The van der Waals surface area contributed by atoms with E-state index in [4.69, 9.17) is 11.6 Å². The normalized spacial score (nSPS) is 16.9. The average molecular weight is 832 g/mol. The highest BCUT2D eigenvalue weighted by molar-refractivity contribution is 6.25. The van der Waals surface area contributed by atoms with E-state index in [-0.39, 0.29) is 41.2 Å². The molecule has 4 N–H and O–H groups in total. The summed E-state index contributed by atoms with van der Waals surface area (Å²) < 4.78 is 30.2. The van der Waals surface area contributed by atoms with E-state index in [0.29, 0.717) is 74.0 Å². The summed E-state index contributed by atoms with van der Waals surface area (Å²) in [5.41, 5.74) is -1.02. The predicted octanol–water partition coefficient (Wildman–Crippen LogP) is 5.00. The molecule has 59 heavy (non-hydrogen) atoms. The van der Waals surface area contributed by atoms with E-state index in [1.54, 1.807) is 36.5 Å². The number of halogens is 3. The summed E-state index contributed by atoms with van der Waals surface area (Å²) in [5.74, 6) is -2.15. The minimum atomic E-state index is -3.86. The number of amides is 6. The van der Waals surface area contributed by atoms with Gasteiger partial charge in [-0.15, -0.1) is 8.78 Å². The number of imide groups is 2. The molecule has 4 aromatic rings. The number of anilines is 3. The van der Waals surface area contributed by atoms with Gasteiger partial charge in [-0.25, -0.2) is 4.98 Å². The van der Waals surface area contributed by atoms with Crippen LogP contribution in [0.1, 0.15) is 76.0 Å². The molecule has 19 heteroatoms. The van der Waals surface area contributed by atoms with E-state index in [0.717, 1.165) is 24.2 Å². The first kappa shape index (κ1) is 40.8. The SMILES string of the molecule is O=C1CCC(N2C(=O)c3cccc(NCCCCCCC(=O)N4CCN(c5ncc(C(=O)Nc6ccc(OC(F)(F)Cl)cc6)cc5-c5ccn[nH]5)CC4)c3C2=O)C(=O)N1. The third-order valence-corrected chi connectivity index (χ3v) is 10.4. The number of alkyl halides is 3. The quantitative estimate of drug-likeness (QED) is 0.0714. The van der Waals surface area contributed by atoms with E-state index in [2.05, 4.69) is 40.8 Å². The number of nitrogens with zero attached hydrogens (tertiary/aromatic N) is 5. The second-order valence-corrected chi connectivity index (χ2v) is 14.7. The van der Waals surface area contributed by atoms with Crippen LogP contribution in [0.25, 0.3) is 11.3 Å². The molecule has 3 aliphatic heterocycles. The van der Waals surface area contributed by atoms with Gasteiger partial charge in [-0.2, -0.15) is 5.10 Å². The number of H-pyrrole nitrogens is 1. The molecule has 0 aliphatic carbocycles. The molecule has 308 valence electrons. The Morgan fingerprint density at radius 1 is 0.932 bits per heavy atom. The van der Waals surface area contributed by atoms with Gasteiger partial charge in [0.2, 0.25) is 17.7 Å². The van der Waals surface area contributed by atoms with Gasteiger partial charge in [-0.3, -0.25) is 44.1 Å². The number of ether oxygens (including phenoxy) is 1. The van der Waals surface area contributed by atoms with E-state index in [9.17, 15) is 37.5 Å². The van der Waals surface area contributed by atoms with Crippen LogP contribution in [0.5, 0.6) is 5.75 Å². The zero-order valence-corrected chi connectivity index (χ0v) is 32.4. The largest absolute Gasteiger partial charge is 0.487 e. The Balaban J connectivity index is 0.853. The standard InChI is InChI=1S/C40H40ClF2N9O7/c41-40(42,43)59-26-11-9-25(10-12-26)47-36(55)24-22-28(29-15-17-46-49-29)35(45-23-24)51-20-18-50(19-21-51)33(54)8-3-1-2-4-16-44-30-7-5-6-27-34(30)39(58)52(38(27)57)31-13-14-32(53)48-37(31)56/h5-7,9-12,15,17,22-23,31,44H,1-4,8,13-14,16,18-21H2,(H,46,49)(H,47,55)(H,48,53,56). The Bertz CT molecular complexity index is 2240. The number of nitrogens with one attached hydrogen (secondary N) is 4. The summed E-state index contributed by atoms with van der Waals surface area (Å²) >= 11 is 4.82. The average Bonchev–Trinajstić information content (AvgIpc) is 3.84. The molecule has 2 saturated heterocycles. The van der Waals surface area contributed by atoms with E-state index >= 15 is 0 Å². The van der Waals surface area contributed by atoms with E-state index in [1.807, 2.05) is 4.90 Å². The van der Waals surface area contributed by atoms with Crippen molar-refractivity contribution < 1.29 is 42.3 Å². The molecule has 16 nitrogen and oxygen atoms in total. The highest BCUT2D eigenvalue weighted by atomic mass is 35.5. The van der Waals surface area contributed by atoms with Gasteiger partial charge in [-0.1, -0.05) is 18.9 Å². The third-order valence-electron chi connectivity index (χ3n) is 10.3. The van der Waals surface area contributed by atoms with Gasteiger partial charge < -0.3 is 25.2 Å². The molecule has 1 unspecified atom stereocenters. The van der Waals surface area contributed by atoms with Crippen molar-refractivity contribution in [1.29, 1.82) is 0 Å². The maximum absolute atomic E-state index is 13.3. The number of hydrogen-bond acceptors (Lipinski definition) is 11. The molecule has 5 heterocycles. The van der Waals surface area contributed by atoms with E-state index in [1.165, 1.54) is 30.5 Å². The van der Waals surface area contributed by atoms with Gasteiger partial charge in [0.25, 0.3) is 17.7 Å². The van der Waals surface area contributed by atoms with Gasteiger partial charge in [0.15, 0.2) is 0 Å². The summed E-state index contributed by atoms with van der Waals surface area (Å²) in [4.78, 5) is 86.2. The Labute approximate surface area is 341 Å². The first-order valence-electron chi connectivity index (χ1n) is 19.1. The number of benzene rings is 2. The fourth-order valence-corrected chi connectivity index (χ4v) is 7.44. The molecule has 6 amide bonds. The van der Waals surface area contributed by atoms with Crippen molar-refractivity contribution in [1.82, 2.24) is 30.3 Å². The fourth-order valence-electron chi connectivity index (χ4n) is 7.35. The van der Waals surface area contributed by atoms with Gasteiger partial charge in [0, 0.05) is 86.5 Å². The van der Waals surface area contributed by atoms with Crippen LogP contribution in [0.4, 0.5) is 26.0 Å². The highest BCUT2D eigenvalue weighted by Crippen LogP contribution is 2.33. The van der Waals surface area contributed by atoms with Crippen molar-refractivity contribution in [3.63, 3.8) is 0 Å². The summed E-state index contributed by atoms with van der Waals surface area (Å²) in [6.07, 6.45) is 6.73. The lowest BCUT2D eigenvalue weighted by Crippen LogP contribution is -2.54. The lowest BCUT2D eigenvalue weighted by atomic mass is 10.0. The van der Waals surface area contributed by atoms with Crippen molar-refractivity contribution in [2.45, 2.75) is 56.6 Å². The van der Waals surface area contributed by atoms with Gasteiger partial charge in [0.05, 0.1) is 22.4 Å². The van der Waals surface area contributed by atoms with E-state index < -0.39 is 41.1 Å². The van der Waals surface area contributed by atoms with Crippen LogP contribution < -0.4 is 25.6 Å². The Hall–Kier alpha value is -6.43. The smallest absolute Gasteiger partial charge is 0.420 e. The van der Waals surface area contributed by atoms with Crippen LogP contribution >= 0.6 is 11.6 Å². The predicted molar refractivity (Wildman–Crippen MR) is 211 cm³/mol. The molecule has 0 bridgehead atoms. The van der Waals surface area contributed by atoms with Crippen LogP contribution in [0.15, 0.2) is 67.0 Å². The second-order valence-electron chi connectivity index (χ2n) is 14.2. The summed E-state index contributed by atoms with van der Waals surface area (Å²) in [6, 6.07) is 12.7. The maximum Gasteiger partial charge on any atom is 0.487 e. The van der Waals surface area contributed by atoms with Crippen LogP contribution in [-0.2, 0) is 14.4 Å². The highest BCUT2D eigenvalue weighted by Gasteiger charge is 2.45. The first-order chi connectivity index (χ1) is 28.4. The summed E-state index contributed by atoms with van der Waals surface area (Å²) in [6.45, 7) is 2.57.